The average molecular weight is 385 g/mol. The maximum atomic E-state index is 13.4. The lowest BCUT2D eigenvalue weighted by molar-refractivity contribution is 0.0998. The number of pyridine rings is 1. The molecule has 0 atom stereocenters. The van der Waals surface area contributed by atoms with Crippen LogP contribution in [0.4, 0.5) is 0 Å². The molecule has 0 fully saturated rings. The lowest BCUT2D eigenvalue weighted by atomic mass is 9.97. The number of aromatic nitrogens is 1. The van der Waals surface area contributed by atoms with Crippen molar-refractivity contribution in [1.29, 1.82) is 5.26 Å². The summed E-state index contributed by atoms with van der Waals surface area (Å²) >= 11 is 0. The van der Waals surface area contributed by atoms with E-state index in [1.807, 2.05) is 42.5 Å². The Balaban J connectivity index is 2.38. The molecule has 0 saturated heterocycles. The van der Waals surface area contributed by atoms with Gasteiger partial charge in [-0.05, 0) is 43.5 Å². The molecule has 29 heavy (non-hydrogen) atoms. The van der Waals surface area contributed by atoms with Gasteiger partial charge in [-0.3, -0.25) is 14.2 Å². The van der Waals surface area contributed by atoms with Crippen LogP contribution in [0.1, 0.15) is 46.9 Å². The molecule has 0 aliphatic rings. The number of nitriles is 1. The largest absolute Gasteiger partial charge is 0.365 e. The summed E-state index contributed by atoms with van der Waals surface area (Å²) in [5.74, 6) is -0.738. The molecular weight excluding hydrogens is 362 g/mol. The monoisotopic (exact) mass is 385 g/mol. The molecular formula is C24H23N3O2. The van der Waals surface area contributed by atoms with Gasteiger partial charge in [-0.25, -0.2) is 0 Å². The second-order valence-electron chi connectivity index (χ2n) is 6.98. The van der Waals surface area contributed by atoms with Crippen LogP contribution in [0.3, 0.4) is 0 Å². The second kappa shape index (κ2) is 8.57. The molecule has 3 aromatic rings. The van der Waals surface area contributed by atoms with Gasteiger partial charge in [0.2, 0.25) is 0 Å². The number of nitrogens with two attached hydrogens (primary N) is 1. The third kappa shape index (κ3) is 3.83. The van der Waals surface area contributed by atoms with Crippen LogP contribution >= 0.6 is 0 Å². The first kappa shape index (κ1) is 20.1. The molecule has 0 bridgehead atoms. The van der Waals surface area contributed by atoms with E-state index in [4.69, 9.17) is 5.73 Å². The fourth-order valence-electron chi connectivity index (χ4n) is 3.62. The van der Waals surface area contributed by atoms with Gasteiger partial charge in [0.1, 0.15) is 5.56 Å². The van der Waals surface area contributed by atoms with Gasteiger partial charge in [0.15, 0.2) is 0 Å². The molecule has 0 aliphatic heterocycles. The highest BCUT2D eigenvalue weighted by Gasteiger charge is 2.20. The molecule has 3 rings (SSSR count). The molecule has 2 N–H and O–H groups in total. The summed E-state index contributed by atoms with van der Waals surface area (Å²) in [6.07, 6.45) is 2.58. The second-order valence-corrected chi connectivity index (χ2v) is 6.98. The van der Waals surface area contributed by atoms with Crippen LogP contribution in [0.15, 0.2) is 59.4 Å². The van der Waals surface area contributed by atoms with Crippen LogP contribution in [-0.2, 0) is 6.42 Å². The lowest BCUT2D eigenvalue weighted by Gasteiger charge is -2.19. The number of nitrogens with zero attached hydrogens (tertiary/aromatic N) is 2. The number of hydrogen-bond donors (Lipinski definition) is 1. The molecule has 2 aromatic carbocycles. The third-order valence-electron chi connectivity index (χ3n) is 5.00. The van der Waals surface area contributed by atoms with Crippen LogP contribution in [-0.4, -0.2) is 10.5 Å². The number of hydrogen-bond acceptors (Lipinski definition) is 3. The first-order chi connectivity index (χ1) is 14.0. The molecule has 146 valence electrons. The molecule has 0 spiro atoms. The molecule has 0 radical (unpaired) electrons. The molecule has 5 nitrogen and oxygen atoms in total. The highest BCUT2D eigenvalue weighted by atomic mass is 16.2. The number of primary amides is 1. The summed E-state index contributed by atoms with van der Waals surface area (Å²) < 4.78 is 1.58. The Kier molecular flexibility index (Phi) is 5.94. The minimum Gasteiger partial charge on any atom is -0.365 e. The first-order valence-electron chi connectivity index (χ1n) is 9.63. The zero-order valence-corrected chi connectivity index (χ0v) is 16.6. The van der Waals surface area contributed by atoms with Gasteiger partial charge in [0.05, 0.1) is 17.3 Å². The van der Waals surface area contributed by atoms with E-state index in [9.17, 15) is 14.9 Å². The average Bonchev–Trinajstić information content (AvgIpc) is 2.71. The van der Waals surface area contributed by atoms with Gasteiger partial charge in [0.25, 0.3) is 11.5 Å². The van der Waals surface area contributed by atoms with Gasteiger partial charge < -0.3 is 5.73 Å². The topological polar surface area (TPSA) is 88.9 Å². The lowest BCUT2D eigenvalue weighted by Crippen LogP contribution is -2.32. The van der Waals surface area contributed by atoms with Crippen LogP contribution in [0.25, 0.3) is 16.8 Å². The van der Waals surface area contributed by atoms with E-state index in [-0.39, 0.29) is 5.56 Å². The Morgan fingerprint density at radius 1 is 1.10 bits per heavy atom. The Labute approximate surface area is 170 Å². The molecule has 0 aliphatic carbocycles. The number of carbonyl (C=O) groups is 1. The highest BCUT2D eigenvalue weighted by Crippen LogP contribution is 2.30. The highest BCUT2D eigenvalue weighted by molar-refractivity contribution is 5.94. The first-order valence-corrected chi connectivity index (χ1v) is 9.63. The van der Waals surface area contributed by atoms with Gasteiger partial charge in [-0.2, -0.15) is 5.26 Å². The fraction of sp³-hybridized carbons (Fsp3) is 0.208. The maximum absolute atomic E-state index is 13.4. The van der Waals surface area contributed by atoms with Crippen molar-refractivity contribution in [3.8, 4) is 22.9 Å². The van der Waals surface area contributed by atoms with E-state index in [1.165, 1.54) is 0 Å². The van der Waals surface area contributed by atoms with Crippen LogP contribution in [0.5, 0.6) is 0 Å². The third-order valence-corrected chi connectivity index (χ3v) is 5.00. The van der Waals surface area contributed by atoms with E-state index in [0.29, 0.717) is 23.2 Å². The van der Waals surface area contributed by atoms with Gasteiger partial charge in [-0.15, -0.1) is 0 Å². The summed E-state index contributed by atoms with van der Waals surface area (Å²) in [7, 11) is 0. The molecule has 1 heterocycles. The predicted molar refractivity (Wildman–Crippen MR) is 114 cm³/mol. The summed E-state index contributed by atoms with van der Waals surface area (Å²) in [6.45, 7) is 3.82. The van der Waals surface area contributed by atoms with Gasteiger partial charge >= 0.3 is 0 Å². The van der Waals surface area contributed by atoms with E-state index in [0.717, 1.165) is 29.7 Å². The molecule has 5 heteroatoms. The molecule has 0 unspecified atom stereocenters. The zero-order valence-electron chi connectivity index (χ0n) is 16.6. The normalized spacial score (nSPS) is 10.5. The number of para-hydroxylation sites is 1. The van der Waals surface area contributed by atoms with Crippen LogP contribution in [0, 0.1) is 18.3 Å². The zero-order chi connectivity index (χ0) is 21.0. The molecule has 1 amide bonds. The van der Waals surface area contributed by atoms with E-state index < -0.39 is 11.5 Å². The predicted octanol–water partition coefficient (Wildman–Crippen LogP) is 4.13. The summed E-state index contributed by atoms with van der Waals surface area (Å²) in [4.78, 5) is 25.3. The minimum absolute atomic E-state index is 0.00591. The van der Waals surface area contributed by atoms with Gasteiger partial charge in [-0.1, -0.05) is 49.7 Å². The standard InChI is InChI=1S/C24H23N3O2/c1-3-4-10-18-14-16(2)22(23(26)28)24(29)27(18)21-13-8-7-12-20(21)19-11-6-5-9-17(19)15-25/h5-9,11-14H,3-4,10H2,1-2H3,(H2,26,28). The van der Waals surface area contributed by atoms with Crippen LogP contribution < -0.4 is 11.3 Å². The van der Waals surface area contributed by atoms with Crippen molar-refractivity contribution in [2.24, 2.45) is 5.73 Å². The minimum atomic E-state index is -0.738. The Bertz CT molecular complexity index is 1170. The number of benzene rings is 2. The number of aryl methyl sites for hydroxylation is 2. The SMILES string of the molecule is CCCCc1cc(C)c(C(N)=O)c(=O)n1-c1ccccc1-c1ccccc1C#N. The van der Waals surface area contributed by atoms with Crippen molar-refractivity contribution in [3.05, 3.63) is 87.3 Å². The number of unbranched alkanes of at least 4 members (excludes halogenated alkanes) is 1. The number of rotatable bonds is 6. The fourth-order valence-corrected chi connectivity index (χ4v) is 3.62. The smallest absolute Gasteiger partial charge is 0.268 e. The van der Waals surface area contributed by atoms with E-state index in [1.54, 1.807) is 23.6 Å². The van der Waals surface area contributed by atoms with Gasteiger partial charge in [0, 0.05) is 16.8 Å². The molecule has 0 saturated carbocycles. The Morgan fingerprint density at radius 2 is 1.76 bits per heavy atom. The van der Waals surface area contributed by atoms with Crippen molar-refractivity contribution in [1.82, 2.24) is 4.57 Å². The van der Waals surface area contributed by atoms with Crippen LogP contribution in [0.2, 0.25) is 0 Å². The van der Waals surface area contributed by atoms with E-state index >= 15 is 0 Å². The van der Waals surface area contributed by atoms with Crippen molar-refractivity contribution in [2.75, 3.05) is 0 Å². The quantitative estimate of drug-likeness (QED) is 0.692. The summed E-state index contributed by atoms with van der Waals surface area (Å²) in [6, 6.07) is 18.8. The Morgan fingerprint density at radius 3 is 2.41 bits per heavy atom. The summed E-state index contributed by atoms with van der Waals surface area (Å²) in [5, 5.41) is 9.54. The van der Waals surface area contributed by atoms with E-state index in [2.05, 4.69) is 13.0 Å². The van der Waals surface area contributed by atoms with Crippen molar-refractivity contribution in [2.45, 2.75) is 33.1 Å². The summed E-state index contributed by atoms with van der Waals surface area (Å²) in [5.41, 5.74) is 9.13. The van der Waals surface area contributed by atoms with Crippen molar-refractivity contribution in [3.63, 3.8) is 0 Å². The Hall–Kier alpha value is -3.65. The van der Waals surface area contributed by atoms with Crippen molar-refractivity contribution < 1.29 is 4.79 Å². The maximum Gasteiger partial charge on any atom is 0.268 e. The molecule has 1 aromatic heterocycles. The van der Waals surface area contributed by atoms with Crippen molar-refractivity contribution >= 4 is 5.91 Å². The number of amides is 1. The number of carbonyl (C=O) groups excluding carboxylic acids is 1.